The predicted octanol–water partition coefficient (Wildman–Crippen LogP) is 5.11. The predicted molar refractivity (Wildman–Crippen MR) is 109 cm³/mol. The Morgan fingerprint density at radius 1 is 1.00 bits per heavy atom. The van der Waals surface area contributed by atoms with Crippen molar-refractivity contribution in [2.24, 2.45) is 0 Å². The second kappa shape index (κ2) is 8.90. The molecule has 3 aromatic carbocycles. The van der Waals surface area contributed by atoms with E-state index >= 15 is 0 Å². The number of nitrogens with zero attached hydrogens (tertiary/aromatic N) is 1. The van der Waals surface area contributed by atoms with Crippen molar-refractivity contribution in [2.75, 3.05) is 11.6 Å². The van der Waals surface area contributed by atoms with Crippen molar-refractivity contribution in [2.45, 2.75) is 19.3 Å². The van der Waals surface area contributed by atoms with E-state index in [1.54, 1.807) is 0 Å². The van der Waals surface area contributed by atoms with Gasteiger partial charge in [-0.05, 0) is 35.9 Å². The molecule has 0 bridgehead atoms. The molecule has 0 aliphatic carbocycles. The molecule has 178 valence electrons. The number of hydrogen-bond acceptors (Lipinski definition) is 4. The van der Waals surface area contributed by atoms with Gasteiger partial charge in [0.2, 0.25) is 0 Å². The van der Waals surface area contributed by atoms with Crippen LogP contribution in [0.25, 0.3) is 0 Å². The Labute approximate surface area is 189 Å². The van der Waals surface area contributed by atoms with Gasteiger partial charge >= 0.3 is 6.18 Å². The number of carbonyl (C=O) groups excluding carboxylic acids is 1. The molecule has 0 saturated carbocycles. The minimum absolute atomic E-state index is 0.00668. The van der Waals surface area contributed by atoms with Crippen LogP contribution in [0, 0.1) is 17.5 Å². The van der Waals surface area contributed by atoms with Gasteiger partial charge in [0, 0.05) is 17.7 Å². The zero-order valence-electron chi connectivity index (χ0n) is 17.2. The number of carbonyl (C=O) groups is 1. The summed E-state index contributed by atoms with van der Waals surface area (Å²) in [4.78, 5) is 13.8. The van der Waals surface area contributed by atoms with Crippen molar-refractivity contribution in [1.29, 1.82) is 0 Å². The molecule has 0 radical (unpaired) electrons. The number of nitrogens with one attached hydrogen (secondary N) is 1. The molecule has 0 unspecified atom stereocenters. The zero-order valence-corrected chi connectivity index (χ0v) is 17.2. The molecule has 1 aliphatic heterocycles. The van der Waals surface area contributed by atoms with E-state index in [9.17, 15) is 31.1 Å². The summed E-state index contributed by atoms with van der Waals surface area (Å²) in [5, 5.41) is 11.6. The Hall–Kier alpha value is -3.73. The molecule has 0 aromatic heterocycles. The number of aliphatic hydroxyl groups is 1. The fraction of sp³-hybridized carbons (Fsp3) is 0.174. The Morgan fingerprint density at radius 3 is 2.35 bits per heavy atom. The van der Waals surface area contributed by atoms with Crippen LogP contribution in [0.15, 0.2) is 48.5 Å². The van der Waals surface area contributed by atoms with E-state index in [4.69, 9.17) is 9.84 Å². The minimum Gasteiger partial charge on any atom is -0.457 e. The van der Waals surface area contributed by atoms with Crippen molar-refractivity contribution in [3.63, 3.8) is 0 Å². The van der Waals surface area contributed by atoms with Gasteiger partial charge in [0.25, 0.3) is 5.91 Å². The molecule has 0 atom stereocenters. The first-order valence-electron chi connectivity index (χ1n) is 9.86. The lowest BCUT2D eigenvalue weighted by Gasteiger charge is -2.31. The SMILES string of the molecule is O=C1NCN(Cc2c(F)cc(F)cc2F)c2ccc(Oc3ccc(CO)cc3C(F)(F)F)cc21. The first kappa shape index (κ1) is 23.4. The minimum atomic E-state index is -4.76. The van der Waals surface area contributed by atoms with E-state index in [0.29, 0.717) is 12.1 Å². The molecule has 34 heavy (non-hydrogen) atoms. The number of rotatable bonds is 5. The van der Waals surface area contributed by atoms with Crippen molar-refractivity contribution in [3.05, 3.63) is 88.2 Å². The summed E-state index contributed by atoms with van der Waals surface area (Å²) in [5.41, 5.74) is -1.22. The average Bonchev–Trinajstić information content (AvgIpc) is 2.77. The first-order chi connectivity index (χ1) is 16.1. The molecular formula is C23H16F6N2O3. The number of alkyl halides is 3. The van der Waals surface area contributed by atoms with Gasteiger partial charge < -0.3 is 20.1 Å². The van der Waals surface area contributed by atoms with E-state index in [1.807, 2.05) is 0 Å². The highest BCUT2D eigenvalue weighted by Crippen LogP contribution is 2.40. The molecule has 0 spiro atoms. The topological polar surface area (TPSA) is 61.8 Å². The van der Waals surface area contributed by atoms with Gasteiger partial charge in [0.1, 0.15) is 29.0 Å². The second-order valence-corrected chi connectivity index (χ2v) is 7.48. The van der Waals surface area contributed by atoms with Crippen LogP contribution in [-0.4, -0.2) is 17.7 Å². The number of aliphatic hydroxyl groups excluding tert-OH is 1. The van der Waals surface area contributed by atoms with Crippen LogP contribution in [-0.2, 0) is 19.3 Å². The Balaban J connectivity index is 1.66. The van der Waals surface area contributed by atoms with Crippen LogP contribution in [0.2, 0.25) is 0 Å². The van der Waals surface area contributed by atoms with E-state index in [1.165, 1.54) is 29.2 Å². The van der Waals surface area contributed by atoms with E-state index in [2.05, 4.69) is 5.32 Å². The lowest BCUT2D eigenvalue weighted by molar-refractivity contribution is -0.138. The standard InChI is InChI=1S/C23H16F6N2O3/c24-13-6-18(25)16(19(26)7-13)9-31-11-30-22(33)15-8-14(2-3-20(15)31)34-21-4-1-12(10-32)5-17(21)23(27,28)29/h1-8,32H,9-11H2,(H,30,33). The van der Waals surface area contributed by atoms with Gasteiger partial charge in [0.15, 0.2) is 0 Å². The summed E-state index contributed by atoms with van der Waals surface area (Å²) < 4.78 is 87.1. The molecule has 3 aromatic rings. The lowest BCUT2D eigenvalue weighted by Crippen LogP contribution is -2.43. The molecule has 2 N–H and O–H groups in total. The van der Waals surface area contributed by atoms with Crippen LogP contribution in [0.1, 0.15) is 27.0 Å². The van der Waals surface area contributed by atoms with Gasteiger partial charge in [-0.15, -0.1) is 0 Å². The molecule has 4 rings (SSSR count). The highest BCUT2D eigenvalue weighted by Gasteiger charge is 2.35. The summed E-state index contributed by atoms with van der Waals surface area (Å²) in [6, 6.07) is 8.05. The van der Waals surface area contributed by atoms with Crippen LogP contribution >= 0.6 is 0 Å². The van der Waals surface area contributed by atoms with Crippen molar-refractivity contribution >= 4 is 11.6 Å². The van der Waals surface area contributed by atoms with Crippen molar-refractivity contribution < 1.29 is 41.0 Å². The number of benzene rings is 3. The maximum atomic E-state index is 14.1. The molecule has 0 saturated heterocycles. The molecule has 0 fully saturated rings. The number of fused-ring (bicyclic) bond motifs is 1. The highest BCUT2D eigenvalue weighted by molar-refractivity contribution is 6.02. The van der Waals surface area contributed by atoms with Gasteiger partial charge in [-0.3, -0.25) is 4.79 Å². The monoisotopic (exact) mass is 482 g/mol. The van der Waals surface area contributed by atoms with E-state index < -0.39 is 53.0 Å². The smallest absolute Gasteiger partial charge is 0.419 e. The fourth-order valence-corrected chi connectivity index (χ4v) is 3.55. The number of ether oxygens (including phenoxy) is 1. The van der Waals surface area contributed by atoms with Crippen molar-refractivity contribution in [3.8, 4) is 11.5 Å². The molecule has 1 aliphatic rings. The normalized spacial score (nSPS) is 13.5. The second-order valence-electron chi connectivity index (χ2n) is 7.48. The number of halogens is 6. The summed E-state index contributed by atoms with van der Waals surface area (Å²) in [7, 11) is 0. The van der Waals surface area contributed by atoms with Crippen molar-refractivity contribution in [1.82, 2.24) is 5.32 Å². The lowest BCUT2D eigenvalue weighted by atomic mass is 10.1. The van der Waals surface area contributed by atoms with Gasteiger partial charge in [-0.2, -0.15) is 13.2 Å². The van der Waals surface area contributed by atoms with E-state index in [-0.39, 0.29) is 35.8 Å². The molecular weight excluding hydrogens is 466 g/mol. The quantitative estimate of drug-likeness (QED) is 0.496. The summed E-state index contributed by atoms with van der Waals surface area (Å²) >= 11 is 0. The Bertz CT molecular complexity index is 1240. The maximum Gasteiger partial charge on any atom is 0.419 e. The number of anilines is 1. The van der Waals surface area contributed by atoms with E-state index in [0.717, 1.165) is 12.1 Å². The van der Waals surface area contributed by atoms with Crippen LogP contribution in [0.5, 0.6) is 11.5 Å². The fourth-order valence-electron chi connectivity index (χ4n) is 3.55. The summed E-state index contributed by atoms with van der Waals surface area (Å²) in [6.45, 7) is -1.04. The third-order valence-electron chi connectivity index (χ3n) is 5.20. The average molecular weight is 482 g/mol. The van der Waals surface area contributed by atoms with Crippen LogP contribution in [0.3, 0.4) is 0 Å². The largest absolute Gasteiger partial charge is 0.457 e. The third kappa shape index (κ3) is 4.65. The summed E-state index contributed by atoms with van der Waals surface area (Å²) in [5.74, 6) is -4.45. The zero-order chi connectivity index (χ0) is 24.6. The van der Waals surface area contributed by atoms with Gasteiger partial charge in [-0.1, -0.05) is 6.07 Å². The molecule has 1 amide bonds. The number of amides is 1. The number of hydrogen-bond donors (Lipinski definition) is 2. The molecule has 11 heteroatoms. The first-order valence-corrected chi connectivity index (χ1v) is 9.86. The van der Waals surface area contributed by atoms with Gasteiger partial charge in [0.05, 0.1) is 36.6 Å². The third-order valence-corrected chi connectivity index (χ3v) is 5.20. The van der Waals surface area contributed by atoms with Gasteiger partial charge in [-0.25, -0.2) is 13.2 Å². The molecule has 5 nitrogen and oxygen atoms in total. The summed E-state index contributed by atoms with van der Waals surface area (Å²) in [6.07, 6.45) is -4.76. The molecule has 1 heterocycles. The Kier molecular flexibility index (Phi) is 6.13. The Morgan fingerprint density at radius 2 is 1.71 bits per heavy atom. The van der Waals surface area contributed by atoms with Crippen LogP contribution in [0.4, 0.5) is 32.0 Å². The van der Waals surface area contributed by atoms with Crippen LogP contribution < -0.4 is 15.0 Å². The highest BCUT2D eigenvalue weighted by atomic mass is 19.4. The maximum absolute atomic E-state index is 14.1.